The summed E-state index contributed by atoms with van der Waals surface area (Å²) in [6, 6.07) is 65.4. The molecule has 9 aromatic heterocycles. The molecule has 0 saturated carbocycles. The summed E-state index contributed by atoms with van der Waals surface area (Å²) in [6.45, 7) is 5.67. The molecule has 0 aliphatic heterocycles. The van der Waals surface area contributed by atoms with Crippen LogP contribution in [-0.2, 0) is 121 Å². The Morgan fingerprint density at radius 2 is 0.560 bits per heavy atom. The van der Waals surface area contributed by atoms with Crippen LogP contribution in [0.2, 0.25) is 0 Å². The van der Waals surface area contributed by atoms with Crippen LogP contribution in [0.3, 0.4) is 0 Å². The third-order valence-corrected chi connectivity index (χ3v) is 15.2. The number of alkyl halides is 6. The molecule has 0 saturated heterocycles. The summed E-state index contributed by atoms with van der Waals surface area (Å²) >= 11 is 0. The van der Waals surface area contributed by atoms with E-state index in [4.69, 9.17) is 30.7 Å². The summed E-state index contributed by atoms with van der Waals surface area (Å²) in [7, 11) is -12.2. The fourth-order valence-electron chi connectivity index (χ4n) is 9.65. The molecule has 0 aliphatic carbocycles. The van der Waals surface area contributed by atoms with Crippen molar-refractivity contribution in [3.8, 4) is 33.4 Å². The van der Waals surface area contributed by atoms with Crippen LogP contribution in [0.25, 0.3) is 33.4 Å². The first-order valence-electron chi connectivity index (χ1n) is 30.1. The summed E-state index contributed by atoms with van der Waals surface area (Å²) in [6.07, 6.45) is 19.5. The summed E-state index contributed by atoms with van der Waals surface area (Å²) in [5.41, 5.74) is -10.9. The molecule has 0 fully saturated rings. The van der Waals surface area contributed by atoms with Gasteiger partial charge in [-0.3, -0.25) is 29.9 Å². The Hall–Kier alpha value is -9.39. The smallest absolute Gasteiger partial charge is 2.00 e. The van der Waals surface area contributed by atoms with Gasteiger partial charge < -0.3 is 76.2 Å². The largest absolute Gasteiger partial charge is 3.00 e. The molecule has 5 N–H and O–H groups in total. The fraction of sp³-hybridized carbons (Fsp3) is 0.125. The predicted molar refractivity (Wildman–Crippen MR) is 363 cm³/mol. The molecule has 4 aromatic carbocycles. The topological polar surface area (TPSA) is 444 Å². The second-order valence-corrected chi connectivity index (χ2v) is 23.3. The quantitative estimate of drug-likeness (QED) is 0.0336. The zero-order chi connectivity index (χ0) is 73.7. The van der Waals surface area contributed by atoms with Gasteiger partial charge in [-0.2, -0.15) is 44.9 Å². The van der Waals surface area contributed by atoms with E-state index in [1.807, 2.05) is 105 Å². The minimum atomic E-state index is -6.09. The third-order valence-electron chi connectivity index (χ3n) is 14.0. The van der Waals surface area contributed by atoms with Gasteiger partial charge in [0.15, 0.2) is 20.2 Å². The molecule has 0 atom stereocenters. The summed E-state index contributed by atoms with van der Waals surface area (Å²) in [5.74, 6) is 0. The van der Waals surface area contributed by atoms with Gasteiger partial charge in [-0.1, -0.05) is 127 Å². The molecule has 109 heavy (non-hydrogen) atoms. The molecule has 0 bridgehead atoms. The monoisotopic (exact) mass is 1700 g/mol. The molecule has 13 rings (SSSR count). The zero-order valence-corrected chi connectivity index (χ0v) is 62.7. The van der Waals surface area contributed by atoms with E-state index < -0.39 is 48.1 Å². The Morgan fingerprint density at radius 3 is 0.688 bits per heavy atom. The molecular formula is C72H63F6Fe3MnN12O13S2+. The van der Waals surface area contributed by atoms with E-state index in [-0.39, 0.29) is 119 Å². The van der Waals surface area contributed by atoms with E-state index in [0.29, 0.717) is 50.1 Å². The second kappa shape index (κ2) is 47.5. The number of ether oxygens (including phenoxy) is 1. The molecule has 37 heteroatoms. The van der Waals surface area contributed by atoms with Gasteiger partial charge in [0.05, 0.1) is 0 Å². The first-order chi connectivity index (χ1) is 48.8. The predicted octanol–water partition coefficient (Wildman–Crippen LogP) is 7.40. The van der Waals surface area contributed by atoms with Crippen LogP contribution in [0.15, 0.2) is 293 Å². The maximum Gasteiger partial charge on any atom is 3.00 e. The molecule has 573 valence electrons. The molecular weight excluding hydrogens is 1640 g/mol. The maximum absolute atomic E-state index is 16.0. The van der Waals surface area contributed by atoms with Crippen molar-refractivity contribution in [3.63, 3.8) is 0 Å². The van der Waals surface area contributed by atoms with Crippen molar-refractivity contribution in [3.05, 3.63) is 344 Å². The molecule has 13 aromatic rings. The van der Waals surface area contributed by atoms with Crippen molar-refractivity contribution in [2.75, 3.05) is 13.2 Å². The van der Waals surface area contributed by atoms with Crippen LogP contribution >= 0.6 is 0 Å². The van der Waals surface area contributed by atoms with Crippen molar-refractivity contribution in [2.45, 2.75) is 41.7 Å². The number of benzene rings is 4. The Labute approximate surface area is 665 Å². The van der Waals surface area contributed by atoms with Crippen LogP contribution in [0.4, 0.5) is 26.3 Å². The van der Waals surface area contributed by atoms with Gasteiger partial charge in [0.25, 0.3) is 0 Å². The second-order valence-electron chi connectivity index (χ2n) is 20.5. The van der Waals surface area contributed by atoms with Gasteiger partial charge in [0.1, 0.15) is 0 Å². The minimum Gasteiger partial charge on any atom is -2.00 e. The van der Waals surface area contributed by atoms with E-state index in [1.54, 1.807) is 202 Å². The van der Waals surface area contributed by atoms with Crippen molar-refractivity contribution in [2.24, 2.45) is 0 Å². The van der Waals surface area contributed by atoms with Gasteiger partial charge in [0, 0.05) is 120 Å². The van der Waals surface area contributed by atoms with E-state index in [1.165, 1.54) is 0 Å². The van der Waals surface area contributed by atoms with Crippen LogP contribution in [0, 0.1) is 0 Å². The first kappa shape index (κ1) is 99.6. The maximum atomic E-state index is 16.0. The van der Waals surface area contributed by atoms with Crippen molar-refractivity contribution in [1.82, 2.24) is 60.5 Å². The zero-order valence-electron chi connectivity index (χ0n) is 56.6. The van der Waals surface area contributed by atoms with E-state index in [2.05, 4.69) is 60.5 Å². The van der Waals surface area contributed by atoms with E-state index in [9.17, 15) is 26.3 Å². The number of halogens is 6. The van der Waals surface area contributed by atoms with Crippen LogP contribution in [-0.4, -0.2) is 101 Å². The normalized spacial score (nSPS) is 10.7. The molecule has 0 spiro atoms. The van der Waals surface area contributed by atoms with Crippen LogP contribution in [0.1, 0.15) is 64.7 Å². The third kappa shape index (κ3) is 27.0. The van der Waals surface area contributed by atoms with E-state index >= 15 is 15.3 Å². The molecule has 0 aliphatic rings. The SMILES string of the molecule is CCOCC.O.O=S(=O)([O-])C(F)(F)F.O=S(=O)([O-])C(F)(F)F.[Fe+2].[Fe+3].[Fe+3].[Mn+2].[O-2].[O-]C(c1ccccn1)(c1ccccn1)c1ccccc1-c1cc(-c2ccccc2C([O-])(c2ccccn2)c2ccccn2)cc(-c2ccccc2C([O-])(c2ccccn2)c2ccccn2)c1.[OH3+].c1cn[n-]c1.c1cn[n-]c1.c1cn[n-]c1. The summed E-state index contributed by atoms with van der Waals surface area (Å²) in [5, 5.41) is 68.8. The summed E-state index contributed by atoms with van der Waals surface area (Å²) in [4.78, 5) is 27.7. The number of hydrogen-bond donors (Lipinski definition) is 0. The standard InChI is InChI=1S/C57H39N6O3.C4H10O.3C3H3N2.2CHF3O3S.3Fe.Mn.2H2O.O/c64-55(49-25-7-13-31-58-49,50-26-8-14-32-59-50)46-22-4-1-19-43(46)40-37-41(44-20-2-5-23-47(44)56(65,51-27-9-15-33-60-51)52-28-10-16-34-61-52)39-42(38-40)45-21-3-6-24-48(45)57(66,53-29-11-17-35-62-53)54-30-12-18-36-63-54;1-3-5-4-2;3*1-2-4-5-3-1;2*2-1(3,4)8(5,6)7;;;;;;;/h1-39H;3-4H2,1-2H3;3*1-3H;2*(H,5,6,7);;;;;2*1H2;/q-3;;3*-1;;;+2;2*+3;+2;;;-2/p-1. The Balaban J connectivity index is 0.00000223. The first-order valence-corrected chi connectivity index (χ1v) is 32.9. The van der Waals surface area contributed by atoms with Crippen molar-refractivity contribution in [1.29, 1.82) is 0 Å². The minimum absolute atomic E-state index is 0. The average Bonchev–Trinajstić information content (AvgIpc) is 0.828. The van der Waals surface area contributed by atoms with Gasteiger partial charge in [-0.15, -0.1) is 0 Å². The molecule has 0 unspecified atom stereocenters. The summed E-state index contributed by atoms with van der Waals surface area (Å²) < 4.78 is 123. The van der Waals surface area contributed by atoms with Gasteiger partial charge in [-0.25, -0.2) is 16.8 Å². The van der Waals surface area contributed by atoms with Crippen LogP contribution < -0.4 is 30.6 Å². The van der Waals surface area contributed by atoms with Gasteiger partial charge in [0.2, 0.25) is 0 Å². The molecule has 9 heterocycles. The van der Waals surface area contributed by atoms with Crippen LogP contribution in [0.5, 0.6) is 0 Å². The average molecular weight is 1700 g/mol. The molecule has 0 amide bonds. The molecule has 3 radical (unpaired) electrons. The molecule has 25 nitrogen and oxygen atoms in total. The Morgan fingerprint density at radius 1 is 0.367 bits per heavy atom. The number of hydrogen-bond acceptors (Lipinski definition) is 19. The van der Waals surface area contributed by atoms with Crippen molar-refractivity contribution >= 4 is 20.2 Å². The van der Waals surface area contributed by atoms with Gasteiger partial charge >= 0.3 is 79.3 Å². The Kier molecular flexibility index (Phi) is 43.4. The number of rotatable bonds is 14. The van der Waals surface area contributed by atoms with Crippen molar-refractivity contribution < 1.29 is 157 Å². The number of nitrogens with zero attached hydrogens (tertiary/aromatic N) is 12. The number of aromatic nitrogens is 12. The Bertz CT molecular complexity index is 4190. The van der Waals surface area contributed by atoms with Gasteiger partial charge in [-0.05, 0) is 155 Å². The number of pyridine rings is 6. The van der Waals surface area contributed by atoms with E-state index in [0.717, 1.165) is 13.2 Å². The fourth-order valence-corrected chi connectivity index (χ4v) is 9.65.